The first-order valence-electron chi connectivity index (χ1n) is 36.9. The molecule has 0 spiro atoms. The zero-order chi connectivity index (χ0) is 86.1. The number of nitrogens with zero attached hydrogens (tertiary/aromatic N) is 7. The molecule has 7 aromatic carbocycles. The second-order valence-electron chi connectivity index (χ2n) is 28.8. The molecule has 1 saturated heterocycles. The summed E-state index contributed by atoms with van der Waals surface area (Å²) in [7, 11) is 29.2. The number of Topliss-reactive ketones (excluding diaryl/α,β-unsaturated/α-hetero) is 7. The van der Waals surface area contributed by atoms with E-state index in [1.54, 1.807) is 61.7 Å². The molecule has 0 radical (unpaired) electrons. The van der Waals surface area contributed by atoms with Gasteiger partial charge in [-0.1, -0.05) is 165 Å². The van der Waals surface area contributed by atoms with E-state index in [0.29, 0.717) is 134 Å². The van der Waals surface area contributed by atoms with Crippen LogP contribution >= 0.6 is 23.2 Å². The summed E-state index contributed by atoms with van der Waals surface area (Å²) >= 11 is 11.7. The number of morpholine rings is 1. The van der Waals surface area contributed by atoms with E-state index < -0.39 is 0 Å². The highest BCUT2D eigenvalue weighted by Crippen LogP contribution is 2.36. The van der Waals surface area contributed by atoms with Crippen LogP contribution in [-0.2, 0) is 4.74 Å². The summed E-state index contributed by atoms with van der Waals surface area (Å²) in [5.41, 5.74) is 12.5. The highest BCUT2D eigenvalue weighted by atomic mass is 35.5. The maximum Gasteiger partial charge on any atom is 0.193 e. The Labute approximate surface area is 689 Å². The van der Waals surface area contributed by atoms with Crippen LogP contribution in [-0.4, -0.2) is 260 Å². The molecule has 114 heavy (non-hydrogen) atoms. The van der Waals surface area contributed by atoms with Crippen LogP contribution in [0.2, 0.25) is 10.0 Å². The molecule has 1 fully saturated rings. The predicted molar refractivity (Wildman–Crippen MR) is 469 cm³/mol. The number of aryl methyl sites for hydroxylation is 4. The van der Waals surface area contributed by atoms with Crippen molar-refractivity contribution in [2.75, 3.05) is 185 Å². The first kappa shape index (κ1) is 100. The van der Waals surface area contributed by atoms with Crippen molar-refractivity contribution in [2.45, 2.75) is 34.1 Å². The lowest BCUT2D eigenvalue weighted by atomic mass is 9.98. The van der Waals surface area contributed by atoms with Gasteiger partial charge in [0.1, 0.15) is 11.5 Å². The topological polar surface area (TPSA) is 188 Å². The molecule has 1 aliphatic rings. The Morgan fingerprint density at radius 2 is 0.763 bits per heavy atom. The van der Waals surface area contributed by atoms with Crippen molar-refractivity contribution in [2.24, 2.45) is 0 Å². The summed E-state index contributed by atoms with van der Waals surface area (Å²) in [5, 5.41) is 0.968. The van der Waals surface area contributed by atoms with Gasteiger partial charge < -0.3 is 53.1 Å². The summed E-state index contributed by atoms with van der Waals surface area (Å²) < 4.78 is 26.0. The molecule has 1 heterocycles. The Bertz CT molecular complexity index is 4370. The van der Waals surface area contributed by atoms with Crippen LogP contribution < -0.4 is 18.9 Å². The number of carbonyl (C=O) groups excluding carboxylic acids is 7. The van der Waals surface area contributed by atoms with Gasteiger partial charge in [-0.05, 0) is 178 Å². The predicted octanol–water partition coefficient (Wildman–Crippen LogP) is 16.1. The Kier molecular flexibility index (Phi) is 46.2. The van der Waals surface area contributed by atoms with Gasteiger partial charge in [-0.15, -0.1) is 0 Å². The monoisotopic (exact) mass is 1600 g/mol. The van der Waals surface area contributed by atoms with Gasteiger partial charge >= 0.3 is 0 Å². The number of likely N-dealkylation sites (N-methyl/N-ethyl adjacent to an activating group) is 5. The normalized spacial score (nSPS) is 11.4. The first-order valence-corrected chi connectivity index (χ1v) is 37.7. The maximum atomic E-state index is 12.4. The zero-order valence-electron chi connectivity index (χ0n) is 70.9. The standard InChI is InChI=1S/C15H21NO4.C14H17NO2.2C14H19NO.C13H17NO2.C12H15NO.C11H13Cl2NO/c1-10(9-16(2)3)15(17)11-7-13(19-5)14(20-6)8-12(11)18-4;1-12(11-15-7-9-17-10-8-15)14(16)13-5-3-2-4-6-13;1-10-6-7-13(11(2)8-10)14(16)12(3)9-15(4)5;1-10-6-7-11(2)13(8-10)14(16)12(3)9-15(4)5;1-10(9-14(2)3)13(15)11-5-7-12(16-4)8-6-11;1-10(9-13(2)3)12(14)11-7-5-4-6-8-11;1-14(2)6-5-11(15)9-4-3-8(12)7-10(9)13/h7-8H,1,9H2,2-6H3;2-6H,1,7-11H2;2*6-8H,3,9H2,1-2,4-5H3;5-8H,1,9H2,2-4H3;4-8H,1,9H2,2-3H3;3-4,7H,5-6H2,1-2H3. The van der Waals surface area contributed by atoms with Gasteiger partial charge in [0.2, 0.25) is 0 Å². The number of halogens is 2. The minimum absolute atomic E-state index is 0.0173. The van der Waals surface area contributed by atoms with Crippen molar-refractivity contribution in [3.8, 4) is 23.0 Å². The SMILES string of the molecule is C=C(CN(C)C)C(=O)c1cc(C)ccc1C.C=C(CN(C)C)C(=O)c1cc(OC)c(OC)cc1OC.C=C(CN(C)C)C(=O)c1ccc(C)cc1C.C=C(CN(C)C)C(=O)c1ccc(OC)cc1.C=C(CN(C)C)C(=O)c1ccccc1.C=C(CN1CCOCC1)C(=O)c1ccccc1.CN(C)CCC(=O)c1ccc(Cl)cc1Cl. The molecule has 0 atom stereocenters. The number of rotatable bonds is 32. The van der Waals surface area contributed by atoms with Crippen molar-refractivity contribution in [1.29, 1.82) is 0 Å². The van der Waals surface area contributed by atoms with Gasteiger partial charge in [-0.2, -0.15) is 0 Å². The van der Waals surface area contributed by atoms with Crippen molar-refractivity contribution >= 4 is 63.7 Å². The summed E-state index contributed by atoms with van der Waals surface area (Å²) in [6.07, 6.45) is 0.467. The summed E-state index contributed by atoms with van der Waals surface area (Å²) in [4.78, 5) is 97.9. The molecule has 0 bridgehead atoms. The minimum atomic E-state index is -0.170. The number of methoxy groups -OCH3 is 4. The summed E-state index contributed by atoms with van der Waals surface area (Å²) in [6.45, 7) is 38.4. The van der Waals surface area contributed by atoms with Crippen molar-refractivity contribution in [3.63, 3.8) is 0 Å². The number of ether oxygens (including phenoxy) is 5. The summed E-state index contributed by atoms with van der Waals surface area (Å²) in [6, 6.07) is 45.5. The second kappa shape index (κ2) is 52.5. The molecule has 1 aliphatic heterocycles. The lowest BCUT2D eigenvalue weighted by Crippen LogP contribution is -2.38. The molecule has 21 heteroatoms. The highest BCUT2D eigenvalue weighted by Gasteiger charge is 2.22. The van der Waals surface area contributed by atoms with Gasteiger partial charge in [0, 0.05) is 143 Å². The largest absolute Gasteiger partial charge is 0.497 e. The third-order valence-electron chi connectivity index (χ3n) is 16.6. The first-order chi connectivity index (χ1) is 53.7. The smallest absolute Gasteiger partial charge is 0.193 e. The lowest BCUT2D eigenvalue weighted by molar-refractivity contribution is 0.0418. The van der Waals surface area contributed by atoms with Gasteiger partial charge in [-0.25, -0.2) is 0 Å². The van der Waals surface area contributed by atoms with Crippen LogP contribution in [0.4, 0.5) is 0 Å². The second-order valence-corrected chi connectivity index (χ2v) is 29.6. The van der Waals surface area contributed by atoms with Crippen LogP contribution in [0, 0.1) is 27.7 Å². The van der Waals surface area contributed by atoms with E-state index in [-0.39, 0.29) is 40.5 Å². The summed E-state index contributed by atoms with van der Waals surface area (Å²) in [5.74, 6) is 2.20. The average molecular weight is 1600 g/mol. The Balaban J connectivity index is 0.000000452. The number of benzene rings is 7. The average Bonchev–Trinajstić information content (AvgIpc) is 0.813. The molecule has 0 N–H and O–H groups in total. The number of hydrogen-bond donors (Lipinski definition) is 0. The minimum Gasteiger partial charge on any atom is -0.497 e. The molecular weight excluding hydrogens is 1480 g/mol. The Hall–Kier alpha value is -9.87. The van der Waals surface area contributed by atoms with E-state index in [1.165, 1.54) is 26.9 Å². The van der Waals surface area contributed by atoms with E-state index >= 15 is 0 Å². The quantitative estimate of drug-likeness (QED) is 0.0286. The fourth-order valence-corrected chi connectivity index (χ4v) is 11.4. The van der Waals surface area contributed by atoms with Gasteiger partial charge in [0.05, 0.1) is 52.2 Å². The number of ketones is 7. The molecule has 0 amide bonds. The van der Waals surface area contributed by atoms with Gasteiger partial charge in [0.15, 0.2) is 52.0 Å². The van der Waals surface area contributed by atoms with Gasteiger partial charge in [-0.3, -0.25) is 38.5 Å². The van der Waals surface area contributed by atoms with E-state index in [0.717, 1.165) is 66.4 Å². The lowest BCUT2D eigenvalue weighted by Gasteiger charge is -2.26. The number of carbonyl (C=O) groups is 7. The van der Waals surface area contributed by atoms with Crippen molar-refractivity contribution < 1.29 is 57.2 Å². The molecule has 7 aromatic rings. The third-order valence-corrected chi connectivity index (χ3v) is 17.2. The molecule has 0 aromatic heterocycles. The van der Waals surface area contributed by atoms with E-state index in [2.05, 4.69) is 44.4 Å². The van der Waals surface area contributed by atoms with Crippen LogP contribution in [0.5, 0.6) is 23.0 Å². The number of hydrogen-bond acceptors (Lipinski definition) is 19. The van der Waals surface area contributed by atoms with Crippen LogP contribution in [0.25, 0.3) is 0 Å². The molecular formula is C93H121Cl2N7O12. The Morgan fingerprint density at radius 3 is 1.18 bits per heavy atom. The van der Waals surface area contributed by atoms with Crippen LogP contribution in [0.1, 0.15) is 101 Å². The van der Waals surface area contributed by atoms with Crippen LogP contribution in [0.3, 0.4) is 0 Å². The van der Waals surface area contributed by atoms with Crippen molar-refractivity contribution in [1.82, 2.24) is 34.3 Å². The molecule has 0 unspecified atom stereocenters. The molecule has 614 valence electrons. The molecule has 19 nitrogen and oxygen atoms in total. The maximum absolute atomic E-state index is 12.4. The fraction of sp³-hybridized carbons (Fsp3) is 0.344. The zero-order valence-corrected chi connectivity index (χ0v) is 72.5. The van der Waals surface area contributed by atoms with Crippen LogP contribution in [0.15, 0.2) is 225 Å². The van der Waals surface area contributed by atoms with Gasteiger partial charge in [0.25, 0.3) is 0 Å². The molecule has 8 rings (SSSR count). The molecule has 0 saturated carbocycles. The molecule has 0 aliphatic carbocycles. The van der Waals surface area contributed by atoms with E-state index in [1.807, 2.05) is 239 Å². The van der Waals surface area contributed by atoms with E-state index in [9.17, 15) is 33.6 Å². The Morgan fingerprint density at radius 1 is 0.377 bits per heavy atom. The highest BCUT2D eigenvalue weighted by molar-refractivity contribution is 6.36. The third kappa shape index (κ3) is 37.0. The van der Waals surface area contributed by atoms with E-state index in [4.69, 9.17) is 46.9 Å². The van der Waals surface area contributed by atoms with Crippen molar-refractivity contribution in [3.05, 3.63) is 296 Å². The fourth-order valence-electron chi connectivity index (χ4n) is 10.9.